The van der Waals surface area contributed by atoms with Crippen molar-refractivity contribution in [3.05, 3.63) is 65.9 Å². The summed E-state index contributed by atoms with van der Waals surface area (Å²) in [4.78, 5) is 10.9. The number of nitrogens with zero attached hydrogens (tertiary/aromatic N) is 3. The van der Waals surface area contributed by atoms with Crippen molar-refractivity contribution in [2.75, 3.05) is 0 Å². The highest BCUT2D eigenvalue weighted by Gasteiger charge is 2.14. The maximum atomic E-state index is 10.9. The average molecular weight is 317 g/mol. The van der Waals surface area contributed by atoms with E-state index in [1.807, 2.05) is 54.6 Å². The van der Waals surface area contributed by atoms with Gasteiger partial charge in [0.1, 0.15) is 23.0 Å². The molecule has 0 saturated heterocycles. The van der Waals surface area contributed by atoms with Gasteiger partial charge in [-0.25, -0.2) is 9.42 Å². The second kappa shape index (κ2) is 6.58. The minimum Gasteiger partial charge on any atom is -0.477 e. The Morgan fingerprint density at radius 2 is 1.62 bits per heavy atom. The lowest BCUT2D eigenvalue weighted by Gasteiger charge is -2.02. The summed E-state index contributed by atoms with van der Waals surface area (Å²) < 4.78 is 4.69. The first-order valence-corrected chi connectivity index (χ1v) is 7.02. The molecule has 0 unspecified atom stereocenters. The third-order valence-corrected chi connectivity index (χ3v) is 3.41. The third kappa shape index (κ3) is 3.05. The first-order chi connectivity index (χ1) is 11.7. The SMILES string of the molecule is N#C/C(=C/c1nonc1-c1ccc(-c2ccccc2)cc1)C(=O)O. The van der Waals surface area contributed by atoms with E-state index >= 15 is 0 Å². The number of carbonyl (C=O) groups is 1. The van der Waals surface area contributed by atoms with Crippen molar-refractivity contribution in [2.45, 2.75) is 0 Å². The average Bonchev–Trinajstić information content (AvgIpc) is 3.08. The highest BCUT2D eigenvalue weighted by Crippen LogP contribution is 2.26. The van der Waals surface area contributed by atoms with Gasteiger partial charge in [0, 0.05) is 5.56 Å². The van der Waals surface area contributed by atoms with E-state index in [-0.39, 0.29) is 5.69 Å². The molecule has 0 radical (unpaired) electrons. The van der Waals surface area contributed by atoms with Crippen LogP contribution in [0.3, 0.4) is 0 Å². The van der Waals surface area contributed by atoms with Gasteiger partial charge >= 0.3 is 5.97 Å². The number of aromatic nitrogens is 2. The summed E-state index contributed by atoms with van der Waals surface area (Å²) in [6.45, 7) is 0. The Balaban J connectivity index is 1.96. The zero-order valence-corrected chi connectivity index (χ0v) is 12.4. The number of hydrogen-bond donors (Lipinski definition) is 1. The summed E-state index contributed by atoms with van der Waals surface area (Å²) in [5.74, 6) is -1.33. The quantitative estimate of drug-likeness (QED) is 0.584. The molecule has 6 nitrogen and oxygen atoms in total. The smallest absolute Gasteiger partial charge is 0.346 e. The van der Waals surface area contributed by atoms with Crippen LogP contribution in [0.15, 0.2) is 64.8 Å². The molecule has 2 aromatic carbocycles. The molecule has 6 heteroatoms. The van der Waals surface area contributed by atoms with Gasteiger partial charge in [0.05, 0.1) is 0 Å². The van der Waals surface area contributed by atoms with Crippen molar-refractivity contribution < 1.29 is 14.5 Å². The van der Waals surface area contributed by atoms with E-state index in [4.69, 9.17) is 15.0 Å². The van der Waals surface area contributed by atoms with Crippen molar-refractivity contribution in [3.8, 4) is 28.5 Å². The molecule has 3 aromatic rings. The Labute approximate surface area is 137 Å². The highest BCUT2D eigenvalue weighted by atomic mass is 16.6. The fourth-order valence-electron chi connectivity index (χ4n) is 2.22. The van der Waals surface area contributed by atoms with Crippen molar-refractivity contribution in [3.63, 3.8) is 0 Å². The van der Waals surface area contributed by atoms with Crippen LogP contribution in [-0.4, -0.2) is 21.4 Å². The number of benzene rings is 2. The molecule has 0 bridgehead atoms. The second-order valence-electron chi connectivity index (χ2n) is 4.92. The van der Waals surface area contributed by atoms with Crippen molar-refractivity contribution in [1.29, 1.82) is 5.26 Å². The topological polar surface area (TPSA) is 100 Å². The van der Waals surface area contributed by atoms with Crippen LogP contribution in [0, 0.1) is 11.3 Å². The summed E-state index contributed by atoms with van der Waals surface area (Å²) in [5.41, 5.74) is 2.97. The van der Waals surface area contributed by atoms with Gasteiger partial charge in [-0.2, -0.15) is 5.26 Å². The molecule has 116 valence electrons. The van der Waals surface area contributed by atoms with Crippen LogP contribution in [0.1, 0.15) is 5.69 Å². The van der Waals surface area contributed by atoms with Gasteiger partial charge in [-0.3, -0.25) is 0 Å². The summed E-state index contributed by atoms with van der Waals surface area (Å²) in [7, 11) is 0. The van der Waals surface area contributed by atoms with Gasteiger partial charge < -0.3 is 5.11 Å². The molecule has 3 rings (SSSR count). The van der Waals surface area contributed by atoms with Crippen LogP contribution in [0.4, 0.5) is 0 Å². The van der Waals surface area contributed by atoms with Gasteiger partial charge in [0.25, 0.3) is 0 Å². The van der Waals surface area contributed by atoms with Gasteiger partial charge in [-0.15, -0.1) is 0 Å². The lowest BCUT2D eigenvalue weighted by atomic mass is 10.0. The number of carboxylic acid groups (broad SMARTS) is 1. The van der Waals surface area contributed by atoms with E-state index < -0.39 is 11.5 Å². The first kappa shape index (κ1) is 15.2. The largest absolute Gasteiger partial charge is 0.477 e. The monoisotopic (exact) mass is 317 g/mol. The Bertz CT molecular complexity index is 936. The summed E-state index contributed by atoms with van der Waals surface area (Å²) >= 11 is 0. The molecule has 0 aliphatic heterocycles. The first-order valence-electron chi connectivity index (χ1n) is 7.02. The highest BCUT2D eigenvalue weighted by molar-refractivity contribution is 5.97. The maximum absolute atomic E-state index is 10.9. The van der Waals surface area contributed by atoms with Crippen LogP contribution in [0.25, 0.3) is 28.5 Å². The van der Waals surface area contributed by atoms with Crippen LogP contribution in [-0.2, 0) is 4.79 Å². The van der Waals surface area contributed by atoms with Crippen LogP contribution < -0.4 is 0 Å². The Morgan fingerprint density at radius 1 is 1.00 bits per heavy atom. The minimum atomic E-state index is -1.33. The molecule has 1 heterocycles. The fourth-order valence-corrected chi connectivity index (χ4v) is 2.22. The number of carboxylic acids is 1. The number of aliphatic carboxylic acids is 1. The Hall–Kier alpha value is -3.72. The van der Waals surface area contributed by atoms with E-state index in [1.54, 1.807) is 6.07 Å². The molecular formula is C18H11N3O3. The molecule has 0 spiro atoms. The lowest BCUT2D eigenvalue weighted by molar-refractivity contribution is -0.132. The summed E-state index contributed by atoms with van der Waals surface area (Å²) in [6, 6.07) is 19.0. The Morgan fingerprint density at radius 3 is 2.25 bits per heavy atom. The van der Waals surface area contributed by atoms with Crippen LogP contribution in [0.2, 0.25) is 0 Å². The molecule has 1 N–H and O–H groups in total. The predicted octanol–water partition coefficient (Wildman–Crippen LogP) is 3.40. The van der Waals surface area contributed by atoms with Crippen LogP contribution in [0.5, 0.6) is 0 Å². The molecule has 0 fully saturated rings. The van der Waals surface area contributed by atoms with Crippen LogP contribution >= 0.6 is 0 Å². The van der Waals surface area contributed by atoms with Crippen molar-refractivity contribution >= 4 is 12.0 Å². The number of rotatable bonds is 4. The summed E-state index contributed by atoms with van der Waals surface area (Å²) in [5, 5.41) is 25.2. The molecule has 1 aromatic heterocycles. The fraction of sp³-hybridized carbons (Fsp3) is 0. The van der Waals surface area contributed by atoms with Gasteiger partial charge in [0.2, 0.25) is 0 Å². The standard InChI is InChI=1S/C18H11N3O3/c19-11-15(18(22)23)10-16-17(21-24-20-16)14-8-6-13(7-9-14)12-4-2-1-3-5-12/h1-10H,(H,22,23)/b15-10-. The molecule has 0 amide bonds. The van der Waals surface area contributed by atoms with Gasteiger partial charge in [0.15, 0.2) is 0 Å². The third-order valence-electron chi connectivity index (χ3n) is 3.41. The molecule has 0 aliphatic rings. The van der Waals surface area contributed by atoms with Crippen molar-refractivity contribution in [1.82, 2.24) is 10.3 Å². The molecule has 0 aliphatic carbocycles. The number of nitriles is 1. The zero-order valence-electron chi connectivity index (χ0n) is 12.4. The van der Waals surface area contributed by atoms with Crippen molar-refractivity contribution in [2.24, 2.45) is 0 Å². The molecule has 0 saturated carbocycles. The van der Waals surface area contributed by atoms with E-state index in [0.717, 1.165) is 17.2 Å². The molecule has 24 heavy (non-hydrogen) atoms. The van der Waals surface area contributed by atoms with E-state index in [9.17, 15) is 4.79 Å². The Kier molecular flexibility index (Phi) is 4.17. The maximum Gasteiger partial charge on any atom is 0.346 e. The molecule has 0 atom stereocenters. The number of hydrogen-bond acceptors (Lipinski definition) is 5. The second-order valence-corrected chi connectivity index (χ2v) is 4.92. The van der Waals surface area contributed by atoms with Gasteiger partial charge in [-0.1, -0.05) is 54.6 Å². The predicted molar refractivity (Wildman–Crippen MR) is 86.4 cm³/mol. The summed E-state index contributed by atoms with van der Waals surface area (Å²) in [6.07, 6.45) is 1.14. The van der Waals surface area contributed by atoms with Gasteiger partial charge in [-0.05, 0) is 27.5 Å². The minimum absolute atomic E-state index is 0.196. The van der Waals surface area contributed by atoms with E-state index in [1.165, 1.54) is 0 Å². The van der Waals surface area contributed by atoms with E-state index in [2.05, 4.69) is 10.3 Å². The molecular weight excluding hydrogens is 306 g/mol. The zero-order chi connectivity index (χ0) is 16.9. The normalized spacial score (nSPS) is 11.0. The lowest BCUT2D eigenvalue weighted by Crippen LogP contribution is -1.97. The van der Waals surface area contributed by atoms with E-state index in [0.29, 0.717) is 11.3 Å².